The highest BCUT2D eigenvalue weighted by molar-refractivity contribution is 5.39. The summed E-state index contributed by atoms with van der Waals surface area (Å²) in [5.41, 5.74) is 0.924. The smallest absolute Gasteiger partial charge is 0.122 e. The summed E-state index contributed by atoms with van der Waals surface area (Å²) >= 11 is 0. The molecule has 0 aliphatic heterocycles. The molecule has 4 N–H and O–H groups in total. The molecule has 0 unspecified atom stereocenters. The zero-order chi connectivity index (χ0) is 12.8. The summed E-state index contributed by atoms with van der Waals surface area (Å²) in [7, 11) is 0. The normalized spacial score (nSPS) is 9.24. The second-order valence-corrected chi connectivity index (χ2v) is 3.49. The molecule has 0 aliphatic carbocycles. The molecule has 0 saturated carbocycles. The maximum Gasteiger partial charge on any atom is 0.122 e. The molecule has 0 radical (unpaired) electrons. The predicted molar refractivity (Wildman–Crippen MR) is 64.3 cm³/mol. The van der Waals surface area contributed by atoms with Crippen LogP contribution in [0, 0.1) is 6.92 Å². The summed E-state index contributed by atoms with van der Waals surface area (Å²) in [6, 6.07) is 10.7. The van der Waals surface area contributed by atoms with Crippen LogP contribution >= 0.6 is 0 Å². The molecule has 0 heterocycles. The van der Waals surface area contributed by atoms with Crippen LogP contribution in [0.1, 0.15) is 5.56 Å². The number of benzene rings is 2. The third-order valence-electron chi connectivity index (χ3n) is 2.00. The van der Waals surface area contributed by atoms with Gasteiger partial charge in [0.25, 0.3) is 0 Å². The Morgan fingerprint density at radius 1 is 0.706 bits per heavy atom. The largest absolute Gasteiger partial charge is 0.508 e. The van der Waals surface area contributed by atoms with Gasteiger partial charge in [0.05, 0.1) is 0 Å². The molecule has 2 rings (SSSR count). The third-order valence-corrected chi connectivity index (χ3v) is 2.00. The molecule has 0 atom stereocenters. The van der Waals surface area contributed by atoms with Crippen molar-refractivity contribution in [3.05, 3.63) is 48.0 Å². The maximum atomic E-state index is 8.92. The van der Waals surface area contributed by atoms with E-state index in [4.69, 9.17) is 20.4 Å². The minimum absolute atomic E-state index is 0.146. The Hall–Kier alpha value is -2.36. The lowest BCUT2D eigenvalue weighted by Crippen LogP contribution is -1.68. The van der Waals surface area contributed by atoms with Crippen LogP contribution in [0.25, 0.3) is 0 Å². The number of aryl methyl sites for hydroxylation is 1. The van der Waals surface area contributed by atoms with Crippen LogP contribution in [0.2, 0.25) is 0 Å². The molecule has 0 spiro atoms. The van der Waals surface area contributed by atoms with Crippen LogP contribution in [-0.4, -0.2) is 20.4 Å². The van der Waals surface area contributed by atoms with Gasteiger partial charge in [-0.15, -0.1) is 0 Å². The Labute approximate surface area is 99.0 Å². The Morgan fingerprint density at radius 2 is 1.12 bits per heavy atom. The van der Waals surface area contributed by atoms with Crippen molar-refractivity contribution < 1.29 is 20.4 Å². The van der Waals surface area contributed by atoms with Gasteiger partial charge in [-0.3, -0.25) is 0 Å². The molecular weight excluding hydrogens is 220 g/mol. The monoisotopic (exact) mass is 234 g/mol. The molecule has 0 aliphatic rings. The summed E-state index contributed by atoms with van der Waals surface area (Å²) in [4.78, 5) is 0. The molecule has 17 heavy (non-hydrogen) atoms. The number of para-hydroxylation sites is 1. The molecular formula is C13H14O4. The third kappa shape index (κ3) is 4.34. The van der Waals surface area contributed by atoms with Crippen molar-refractivity contribution in [3.8, 4) is 23.0 Å². The number of rotatable bonds is 0. The average molecular weight is 234 g/mol. The van der Waals surface area contributed by atoms with Gasteiger partial charge in [-0.25, -0.2) is 0 Å². The van der Waals surface area contributed by atoms with Crippen molar-refractivity contribution in [1.29, 1.82) is 0 Å². The van der Waals surface area contributed by atoms with E-state index in [0.29, 0.717) is 5.75 Å². The van der Waals surface area contributed by atoms with Gasteiger partial charge < -0.3 is 20.4 Å². The van der Waals surface area contributed by atoms with Gasteiger partial charge in [-0.05, 0) is 18.6 Å². The first-order valence-corrected chi connectivity index (χ1v) is 4.95. The zero-order valence-corrected chi connectivity index (χ0v) is 9.33. The summed E-state index contributed by atoms with van der Waals surface area (Å²) < 4.78 is 0. The second kappa shape index (κ2) is 5.65. The van der Waals surface area contributed by atoms with E-state index in [1.165, 1.54) is 0 Å². The molecule has 0 saturated heterocycles. The van der Waals surface area contributed by atoms with Crippen molar-refractivity contribution in [3.63, 3.8) is 0 Å². The standard InChI is InChI=1S/C7H8O.C6H6O3/c1-6-4-2-3-5-7(6)8;7-4-1-5(8)3-6(9)2-4/h2-5,8H,1H3;1-3,7-9H. The van der Waals surface area contributed by atoms with Crippen LogP contribution < -0.4 is 0 Å². The van der Waals surface area contributed by atoms with Gasteiger partial charge in [0.1, 0.15) is 23.0 Å². The lowest BCUT2D eigenvalue weighted by molar-refractivity contribution is 0.428. The van der Waals surface area contributed by atoms with E-state index in [2.05, 4.69) is 0 Å². The molecule has 0 fully saturated rings. The molecule has 4 heteroatoms. The molecule has 4 nitrogen and oxygen atoms in total. The van der Waals surface area contributed by atoms with Crippen LogP contribution in [0.3, 0.4) is 0 Å². The first-order chi connectivity index (χ1) is 7.99. The highest BCUT2D eigenvalue weighted by Gasteiger charge is 1.94. The minimum Gasteiger partial charge on any atom is -0.508 e. The second-order valence-electron chi connectivity index (χ2n) is 3.49. The van der Waals surface area contributed by atoms with Crippen LogP contribution in [0.15, 0.2) is 42.5 Å². The molecule has 0 bridgehead atoms. The SMILES string of the molecule is Cc1ccccc1O.Oc1cc(O)cc(O)c1. The lowest BCUT2D eigenvalue weighted by atomic mass is 10.2. The Bertz CT molecular complexity index is 423. The van der Waals surface area contributed by atoms with Crippen molar-refractivity contribution in [1.82, 2.24) is 0 Å². The van der Waals surface area contributed by atoms with E-state index in [1.807, 2.05) is 25.1 Å². The molecule has 0 aromatic heterocycles. The Balaban J connectivity index is 0.000000171. The van der Waals surface area contributed by atoms with E-state index in [0.717, 1.165) is 23.8 Å². The molecule has 2 aromatic rings. The summed E-state index contributed by atoms with van der Waals surface area (Å²) in [6.07, 6.45) is 0. The van der Waals surface area contributed by atoms with Crippen molar-refractivity contribution in [2.24, 2.45) is 0 Å². The fraction of sp³-hybridized carbons (Fsp3) is 0.0769. The van der Waals surface area contributed by atoms with Crippen LogP contribution in [-0.2, 0) is 0 Å². The first-order valence-electron chi connectivity index (χ1n) is 4.95. The molecule has 0 amide bonds. The molecule has 90 valence electrons. The van der Waals surface area contributed by atoms with E-state index >= 15 is 0 Å². The van der Waals surface area contributed by atoms with E-state index in [1.54, 1.807) is 6.07 Å². The summed E-state index contributed by atoms with van der Waals surface area (Å²) in [6.45, 7) is 1.87. The quantitative estimate of drug-likeness (QED) is 0.564. The highest BCUT2D eigenvalue weighted by Crippen LogP contribution is 2.23. The first kappa shape index (κ1) is 12.7. The van der Waals surface area contributed by atoms with Gasteiger partial charge in [0, 0.05) is 18.2 Å². The van der Waals surface area contributed by atoms with Crippen molar-refractivity contribution in [2.75, 3.05) is 0 Å². The van der Waals surface area contributed by atoms with Crippen LogP contribution in [0.5, 0.6) is 23.0 Å². The number of aromatic hydroxyl groups is 4. The number of hydrogen-bond donors (Lipinski definition) is 4. The van der Waals surface area contributed by atoms with E-state index in [-0.39, 0.29) is 17.2 Å². The van der Waals surface area contributed by atoms with Gasteiger partial charge in [0.2, 0.25) is 0 Å². The molecule has 2 aromatic carbocycles. The van der Waals surface area contributed by atoms with E-state index in [9.17, 15) is 0 Å². The fourth-order valence-electron chi connectivity index (χ4n) is 1.14. The van der Waals surface area contributed by atoms with Gasteiger partial charge in [-0.2, -0.15) is 0 Å². The summed E-state index contributed by atoms with van der Waals surface area (Å²) in [5.74, 6) is -0.0694. The fourth-order valence-corrected chi connectivity index (χ4v) is 1.14. The van der Waals surface area contributed by atoms with Crippen LogP contribution in [0.4, 0.5) is 0 Å². The average Bonchev–Trinajstić information content (AvgIpc) is 2.21. The van der Waals surface area contributed by atoms with Crippen molar-refractivity contribution in [2.45, 2.75) is 6.92 Å². The van der Waals surface area contributed by atoms with Gasteiger partial charge in [-0.1, -0.05) is 18.2 Å². The predicted octanol–water partition coefficient (Wildman–Crippen LogP) is 2.50. The number of phenols is 4. The van der Waals surface area contributed by atoms with Gasteiger partial charge in [0.15, 0.2) is 0 Å². The van der Waals surface area contributed by atoms with Gasteiger partial charge >= 0.3 is 0 Å². The Morgan fingerprint density at radius 3 is 1.41 bits per heavy atom. The maximum absolute atomic E-state index is 8.92. The highest BCUT2D eigenvalue weighted by atomic mass is 16.3. The lowest BCUT2D eigenvalue weighted by Gasteiger charge is -1.94. The summed E-state index contributed by atoms with van der Waals surface area (Å²) in [5, 5.41) is 34.9. The number of hydrogen-bond acceptors (Lipinski definition) is 4. The topological polar surface area (TPSA) is 80.9 Å². The minimum atomic E-state index is -0.146. The Kier molecular flexibility index (Phi) is 4.22. The number of phenolic OH excluding ortho intramolecular Hbond substituents is 4. The zero-order valence-electron chi connectivity index (χ0n) is 9.33. The van der Waals surface area contributed by atoms with E-state index < -0.39 is 0 Å². The van der Waals surface area contributed by atoms with Crippen molar-refractivity contribution >= 4 is 0 Å².